The summed E-state index contributed by atoms with van der Waals surface area (Å²) >= 11 is 0. The van der Waals surface area contributed by atoms with Crippen LogP contribution in [0.3, 0.4) is 0 Å². The SMILES string of the molecule is C=CC=C(C=C)CCNC(CC(=O)Nc1ccc(OC)cn1)C(=O)OC. The molecule has 1 rings (SSSR count). The molecule has 0 saturated carbocycles. The van der Waals surface area contributed by atoms with Crippen molar-refractivity contribution in [2.75, 3.05) is 26.1 Å². The van der Waals surface area contributed by atoms with Crippen molar-refractivity contribution in [3.05, 3.63) is 55.3 Å². The molecule has 0 aliphatic heterocycles. The van der Waals surface area contributed by atoms with E-state index in [-0.39, 0.29) is 12.3 Å². The van der Waals surface area contributed by atoms with E-state index in [4.69, 9.17) is 9.47 Å². The third-order valence-corrected chi connectivity index (χ3v) is 3.51. The highest BCUT2D eigenvalue weighted by Gasteiger charge is 2.22. The van der Waals surface area contributed by atoms with Gasteiger partial charge >= 0.3 is 5.97 Å². The van der Waals surface area contributed by atoms with Gasteiger partial charge in [-0.1, -0.05) is 31.4 Å². The van der Waals surface area contributed by atoms with Crippen molar-refractivity contribution < 1.29 is 19.1 Å². The summed E-state index contributed by atoms with van der Waals surface area (Å²) in [7, 11) is 2.82. The molecular weight excluding hydrogens is 334 g/mol. The summed E-state index contributed by atoms with van der Waals surface area (Å²) in [6.45, 7) is 7.84. The maximum absolute atomic E-state index is 12.2. The third-order valence-electron chi connectivity index (χ3n) is 3.51. The summed E-state index contributed by atoms with van der Waals surface area (Å²) in [4.78, 5) is 28.1. The Balaban J connectivity index is 2.60. The molecule has 140 valence electrons. The summed E-state index contributed by atoms with van der Waals surface area (Å²) in [6.07, 6.45) is 7.29. The minimum atomic E-state index is -0.756. The van der Waals surface area contributed by atoms with E-state index in [0.29, 0.717) is 24.5 Å². The predicted octanol–water partition coefficient (Wildman–Crippen LogP) is 2.24. The van der Waals surface area contributed by atoms with E-state index >= 15 is 0 Å². The maximum atomic E-state index is 12.2. The van der Waals surface area contributed by atoms with Gasteiger partial charge in [-0.2, -0.15) is 0 Å². The average molecular weight is 359 g/mol. The van der Waals surface area contributed by atoms with Crippen LogP contribution in [0.2, 0.25) is 0 Å². The van der Waals surface area contributed by atoms with Gasteiger partial charge in [-0.05, 0) is 30.7 Å². The van der Waals surface area contributed by atoms with Crippen LogP contribution in [-0.4, -0.2) is 43.7 Å². The Labute approximate surface area is 153 Å². The Morgan fingerprint density at radius 2 is 2.08 bits per heavy atom. The molecule has 7 nitrogen and oxygen atoms in total. The van der Waals surface area contributed by atoms with Crippen molar-refractivity contribution >= 4 is 17.7 Å². The van der Waals surface area contributed by atoms with E-state index < -0.39 is 12.0 Å². The molecule has 26 heavy (non-hydrogen) atoms. The van der Waals surface area contributed by atoms with E-state index in [1.807, 2.05) is 6.08 Å². The maximum Gasteiger partial charge on any atom is 0.323 e. The van der Waals surface area contributed by atoms with Crippen LogP contribution >= 0.6 is 0 Å². The summed E-state index contributed by atoms with van der Waals surface area (Å²) < 4.78 is 9.77. The number of carbonyl (C=O) groups excluding carboxylic acids is 2. The molecule has 0 aromatic carbocycles. The van der Waals surface area contributed by atoms with E-state index in [1.54, 1.807) is 24.3 Å². The molecule has 1 aromatic rings. The number of esters is 1. The highest BCUT2D eigenvalue weighted by Crippen LogP contribution is 2.12. The first kappa shape index (κ1) is 21.1. The number of pyridine rings is 1. The van der Waals surface area contributed by atoms with Crippen LogP contribution in [0.5, 0.6) is 5.75 Å². The monoisotopic (exact) mass is 359 g/mol. The van der Waals surface area contributed by atoms with E-state index in [2.05, 4.69) is 28.8 Å². The van der Waals surface area contributed by atoms with Crippen LogP contribution in [0.15, 0.2) is 55.3 Å². The standard InChI is InChI=1S/C19H25N3O4/c1-5-7-14(6-2)10-11-20-16(19(24)26-4)12-18(23)22-17-9-8-15(25-3)13-21-17/h5-9,13,16,20H,1-2,10-12H2,3-4H3,(H,21,22,23). The lowest BCUT2D eigenvalue weighted by Gasteiger charge is -2.16. The Hall–Kier alpha value is -2.93. The number of anilines is 1. The quantitative estimate of drug-likeness (QED) is 0.465. The fourth-order valence-corrected chi connectivity index (χ4v) is 2.13. The Morgan fingerprint density at radius 3 is 2.62 bits per heavy atom. The van der Waals surface area contributed by atoms with Crippen molar-refractivity contribution in [1.82, 2.24) is 10.3 Å². The van der Waals surface area contributed by atoms with E-state index in [1.165, 1.54) is 20.4 Å². The van der Waals surface area contributed by atoms with Crippen LogP contribution in [0, 0.1) is 0 Å². The first-order valence-electron chi connectivity index (χ1n) is 8.09. The van der Waals surface area contributed by atoms with Gasteiger partial charge in [0.1, 0.15) is 17.6 Å². The van der Waals surface area contributed by atoms with Crippen LogP contribution in [0.4, 0.5) is 5.82 Å². The molecule has 0 aliphatic rings. The number of nitrogens with zero attached hydrogens (tertiary/aromatic N) is 1. The number of ether oxygens (including phenoxy) is 2. The van der Waals surface area contributed by atoms with Crippen LogP contribution in [0.25, 0.3) is 0 Å². The number of amides is 1. The molecule has 1 heterocycles. The average Bonchev–Trinajstić information content (AvgIpc) is 2.66. The topological polar surface area (TPSA) is 89.5 Å². The number of hydrogen-bond donors (Lipinski definition) is 2. The molecule has 1 amide bonds. The van der Waals surface area contributed by atoms with Crippen molar-refractivity contribution in [3.8, 4) is 5.75 Å². The van der Waals surface area contributed by atoms with Crippen molar-refractivity contribution in [2.24, 2.45) is 0 Å². The zero-order chi connectivity index (χ0) is 19.4. The molecule has 0 radical (unpaired) electrons. The predicted molar refractivity (Wildman–Crippen MR) is 101 cm³/mol. The highest BCUT2D eigenvalue weighted by molar-refractivity contribution is 5.93. The third kappa shape index (κ3) is 7.31. The smallest absolute Gasteiger partial charge is 0.323 e. The van der Waals surface area contributed by atoms with Gasteiger partial charge in [0.15, 0.2) is 0 Å². The van der Waals surface area contributed by atoms with Crippen molar-refractivity contribution in [3.63, 3.8) is 0 Å². The largest absolute Gasteiger partial charge is 0.495 e. The lowest BCUT2D eigenvalue weighted by molar-refractivity contribution is -0.144. The molecule has 0 bridgehead atoms. The molecule has 0 aliphatic carbocycles. The number of carbonyl (C=O) groups is 2. The van der Waals surface area contributed by atoms with Gasteiger partial charge in [-0.25, -0.2) is 4.98 Å². The van der Waals surface area contributed by atoms with Crippen molar-refractivity contribution in [2.45, 2.75) is 18.9 Å². The summed E-state index contributed by atoms with van der Waals surface area (Å²) in [5.74, 6) is 0.108. The fraction of sp³-hybridized carbons (Fsp3) is 0.316. The Morgan fingerprint density at radius 1 is 1.31 bits per heavy atom. The number of allylic oxidation sites excluding steroid dienone is 3. The molecule has 1 unspecified atom stereocenters. The summed E-state index contributed by atoms with van der Waals surface area (Å²) in [5, 5.41) is 5.67. The molecule has 0 saturated heterocycles. The molecular formula is C19H25N3O4. The highest BCUT2D eigenvalue weighted by atomic mass is 16.5. The van der Waals surface area contributed by atoms with Gasteiger partial charge < -0.3 is 20.1 Å². The van der Waals surface area contributed by atoms with Gasteiger partial charge in [0.25, 0.3) is 0 Å². The number of methoxy groups -OCH3 is 2. The molecule has 2 N–H and O–H groups in total. The molecule has 0 spiro atoms. The normalized spacial score (nSPS) is 12.0. The van der Waals surface area contributed by atoms with Crippen LogP contribution in [0.1, 0.15) is 12.8 Å². The van der Waals surface area contributed by atoms with Gasteiger partial charge in [0.2, 0.25) is 5.91 Å². The number of nitrogens with one attached hydrogen (secondary N) is 2. The number of rotatable bonds is 11. The second-order valence-electron chi connectivity index (χ2n) is 5.30. The summed E-state index contributed by atoms with van der Waals surface area (Å²) in [6, 6.07) is 2.54. The van der Waals surface area contributed by atoms with E-state index in [0.717, 1.165) is 5.57 Å². The van der Waals surface area contributed by atoms with Gasteiger partial charge in [-0.15, -0.1) is 0 Å². The first-order valence-corrected chi connectivity index (χ1v) is 8.09. The number of aromatic nitrogens is 1. The molecule has 1 aromatic heterocycles. The zero-order valence-corrected chi connectivity index (χ0v) is 15.2. The Kier molecular flexibility index (Phi) is 9.42. The van der Waals surface area contributed by atoms with Gasteiger partial charge in [0, 0.05) is 0 Å². The van der Waals surface area contributed by atoms with Gasteiger partial charge in [-0.3, -0.25) is 9.59 Å². The van der Waals surface area contributed by atoms with Gasteiger partial charge in [0.05, 0.1) is 26.8 Å². The minimum absolute atomic E-state index is 0.0744. The second-order valence-corrected chi connectivity index (χ2v) is 5.30. The molecule has 0 fully saturated rings. The molecule has 7 heteroatoms. The lowest BCUT2D eigenvalue weighted by Crippen LogP contribution is -2.41. The summed E-state index contributed by atoms with van der Waals surface area (Å²) in [5.41, 5.74) is 0.975. The lowest BCUT2D eigenvalue weighted by atomic mass is 10.1. The first-order chi connectivity index (χ1) is 12.5. The van der Waals surface area contributed by atoms with Crippen LogP contribution in [-0.2, 0) is 14.3 Å². The van der Waals surface area contributed by atoms with E-state index in [9.17, 15) is 9.59 Å². The number of hydrogen-bond acceptors (Lipinski definition) is 6. The second kappa shape index (κ2) is 11.6. The van der Waals surface area contributed by atoms with Crippen LogP contribution < -0.4 is 15.4 Å². The Bertz CT molecular complexity index is 653. The minimum Gasteiger partial charge on any atom is -0.495 e. The molecule has 1 atom stereocenters. The van der Waals surface area contributed by atoms with Crippen molar-refractivity contribution in [1.29, 1.82) is 0 Å². The fourth-order valence-electron chi connectivity index (χ4n) is 2.13. The zero-order valence-electron chi connectivity index (χ0n) is 15.2.